The van der Waals surface area contributed by atoms with Crippen molar-refractivity contribution in [1.82, 2.24) is 0 Å². The smallest absolute Gasteiger partial charge is 0.128 e. The van der Waals surface area contributed by atoms with Gasteiger partial charge in [0.15, 0.2) is 0 Å². The first-order valence-corrected chi connectivity index (χ1v) is 4.97. The minimum atomic E-state index is -0.172. The van der Waals surface area contributed by atoms with Gasteiger partial charge in [-0.2, -0.15) is 0 Å². The lowest BCUT2D eigenvalue weighted by Gasteiger charge is -2.28. The van der Waals surface area contributed by atoms with Gasteiger partial charge in [-0.15, -0.1) is 0 Å². The molecule has 0 fully saturated rings. The average Bonchev–Trinajstić information content (AvgIpc) is 2.07. The Morgan fingerprint density at radius 3 is 2.43 bits per heavy atom. The lowest BCUT2D eigenvalue weighted by atomic mass is 9.99. The lowest BCUT2D eigenvalue weighted by molar-refractivity contribution is 0.159. The topological polar surface area (TPSA) is 9.23 Å². The van der Waals surface area contributed by atoms with Gasteiger partial charge in [0.05, 0.1) is 0 Å². The van der Waals surface area contributed by atoms with Gasteiger partial charge in [0.1, 0.15) is 11.4 Å². The van der Waals surface area contributed by atoms with Crippen molar-refractivity contribution in [1.29, 1.82) is 0 Å². The van der Waals surface area contributed by atoms with Crippen LogP contribution in [-0.4, -0.2) is 5.60 Å². The zero-order valence-electron chi connectivity index (χ0n) is 9.22. The van der Waals surface area contributed by atoms with Crippen LogP contribution in [0.1, 0.15) is 30.5 Å². The molecule has 1 heteroatoms. The fourth-order valence-corrected chi connectivity index (χ4v) is 1.64. The molecule has 1 aliphatic heterocycles. The van der Waals surface area contributed by atoms with Gasteiger partial charge in [0.25, 0.3) is 0 Å². The normalized spacial score (nSPS) is 17.4. The van der Waals surface area contributed by atoms with Gasteiger partial charge >= 0.3 is 0 Å². The molecule has 1 aromatic rings. The fourth-order valence-electron chi connectivity index (χ4n) is 1.64. The quantitative estimate of drug-likeness (QED) is 0.605. The average molecular weight is 188 g/mol. The molecule has 0 amide bonds. The molecule has 0 saturated heterocycles. The van der Waals surface area contributed by atoms with Gasteiger partial charge in [-0.1, -0.05) is 6.08 Å². The number of benzene rings is 1. The van der Waals surface area contributed by atoms with Crippen LogP contribution in [-0.2, 0) is 0 Å². The Balaban J connectivity index is 2.52. The highest BCUT2D eigenvalue weighted by Gasteiger charge is 2.21. The van der Waals surface area contributed by atoms with Gasteiger partial charge in [-0.05, 0) is 57.0 Å². The van der Waals surface area contributed by atoms with E-state index in [9.17, 15) is 0 Å². The zero-order valence-corrected chi connectivity index (χ0v) is 9.22. The summed E-state index contributed by atoms with van der Waals surface area (Å²) in [5, 5.41) is 0. The second-order valence-electron chi connectivity index (χ2n) is 4.51. The summed E-state index contributed by atoms with van der Waals surface area (Å²) in [6, 6.07) is 4.30. The van der Waals surface area contributed by atoms with E-state index in [-0.39, 0.29) is 5.60 Å². The van der Waals surface area contributed by atoms with Crippen LogP contribution in [0.15, 0.2) is 18.2 Å². The largest absolute Gasteiger partial charge is 0.483 e. The summed E-state index contributed by atoms with van der Waals surface area (Å²) in [7, 11) is 0. The third-order valence-corrected chi connectivity index (χ3v) is 2.66. The van der Waals surface area contributed by atoms with Crippen LogP contribution in [0.25, 0.3) is 6.08 Å². The highest BCUT2D eigenvalue weighted by Crippen LogP contribution is 2.32. The molecule has 1 aromatic carbocycles. The van der Waals surface area contributed by atoms with E-state index in [0.717, 1.165) is 5.75 Å². The second kappa shape index (κ2) is 2.88. The van der Waals surface area contributed by atoms with Crippen molar-refractivity contribution in [2.24, 2.45) is 0 Å². The second-order valence-corrected chi connectivity index (χ2v) is 4.51. The first-order chi connectivity index (χ1) is 6.48. The van der Waals surface area contributed by atoms with Crippen LogP contribution in [0, 0.1) is 13.8 Å². The SMILES string of the molecule is Cc1cc2c(cc1C)OC(C)(C)C=C2. The highest BCUT2D eigenvalue weighted by molar-refractivity contribution is 5.62. The predicted octanol–water partition coefficient (Wildman–Crippen LogP) is 3.49. The first-order valence-electron chi connectivity index (χ1n) is 4.97. The van der Waals surface area contributed by atoms with Crippen molar-refractivity contribution in [2.75, 3.05) is 0 Å². The fraction of sp³-hybridized carbons (Fsp3) is 0.385. The molecule has 74 valence electrons. The van der Waals surface area contributed by atoms with Crippen molar-refractivity contribution >= 4 is 6.08 Å². The summed E-state index contributed by atoms with van der Waals surface area (Å²) in [4.78, 5) is 0. The van der Waals surface area contributed by atoms with Crippen molar-refractivity contribution in [2.45, 2.75) is 33.3 Å². The van der Waals surface area contributed by atoms with Gasteiger partial charge in [0.2, 0.25) is 0 Å². The van der Waals surface area contributed by atoms with E-state index in [1.165, 1.54) is 16.7 Å². The van der Waals surface area contributed by atoms with Gasteiger partial charge in [0, 0.05) is 5.56 Å². The molecule has 0 spiro atoms. The van der Waals surface area contributed by atoms with Crippen molar-refractivity contribution in [3.05, 3.63) is 34.9 Å². The van der Waals surface area contributed by atoms with E-state index in [0.29, 0.717) is 0 Å². The van der Waals surface area contributed by atoms with Crippen LogP contribution < -0.4 is 4.74 Å². The molecule has 0 N–H and O–H groups in total. The summed E-state index contributed by atoms with van der Waals surface area (Å²) in [6.07, 6.45) is 4.25. The van der Waals surface area contributed by atoms with Crippen LogP contribution >= 0.6 is 0 Å². The molecule has 1 nitrogen and oxygen atoms in total. The van der Waals surface area contributed by atoms with Crippen LogP contribution in [0.4, 0.5) is 0 Å². The zero-order chi connectivity index (χ0) is 10.3. The van der Waals surface area contributed by atoms with Gasteiger partial charge < -0.3 is 4.74 Å². The summed E-state index contributed by atoms with van der Waals surface area (Å²) in [5.74, 6) is 1.00. The molecule has 1 aliphatic rings. The lowest BCUT2D eigenvalue weighted by Crippen LogP contribution is -2.27. The maximum absolute atomic E-state index is 5.87. The van der Waals surface area contributed by atoms with E-state index >= 15 is 0 Å². The number of rotatable bonds is 0. The van der Waals surface area contributed by atoms with Crippen molar-refractivity contribution < 1.29 is 4.74 Å². The Bertz CT molecular complexity index is 400. The molecule has 2 rings (SSSR count). The third kappa shape index (κ3) is 1.54. The van der Waals surface area contributed by atoms with Gasteiger partial charge in [-0.3, -0.25) is 0 Å². The number of ether oxygens (including phenoxy) is 1. The van der Waals surface area contributed by atoms with E-state index in [1.54, 1.807) is 0 Å². The van der Waals surface area contributed by atoms with E-state index in [2.05, 4.69) is 52.0 Å². The summed E-state index contributed by atoms with van der Waals surface area (Å²) >= 11 is 0. The van der Waals surface area contributed by atoms with Crippen LogP contribution in [0.3, 0.4) is 0 Å². The number of hydrogen-bond donors (Lipinski definition) is 0. The molecule has 0 bridgehead atoms. The van der Waals surface area contributed by atoms with Crippen LogP contribution in [0.5, 0.6) is 5.75 Å². The Kier molecular flexibility index (Phi) is 1.91. The van der Waals surface area contributed by atoms with E-state index in [1.807, 2.05) is 0 Å². The Hall–Kier alpha value is -1.24. The van der Waals surface area contributed by atoms with E-state index in [4.69, 9.17) is 4.74 Å². The Labute approximate surface area is 85.4 Å². The maximum Gasteiger partial charge on any atom is 0.128 e. The summed E-state index contributed by atoms with van der Waals surface area (Å²) in [6.45, 7) is 8.39. The molecule has 1 heterocycles. The van der Waals surface area contributed by atoms with E-state index < -0.39 is 0 Å². The minimum Gasteiger partial charge on any atom is -0.483 e. The molecule has 0 aromatic heterocycles. The molecular weight excluding hydrogens is 172 g/mol. The summed E-state index contributed by atoms with van der Waals surface area (Å²) in [5.41, 5.74) is 3.62. The van der Waals surface area contributed by atoms with Crippen LogP contribution in [0.2, 0.25) is 0 Å². The monoisotopic (exact) mass is 188 g/mol. The third-order valence-electron chi connectivity index (χ3n) is 2.66. The number of hydrogen-bond acceptors (Lipinski definition) is 1. The van der Waals surface area contributed by atoms with Gasteiger partial charge in [-0.25, -0.2) is 0 Å². The standard InChI is InChI=1S/C13H16O/c1-9-7-11-5-6-13(3,4)14-12(11)8-10(9)2/h5-8H,1-4H3. The molecule has 0 atom stereocenters. The molecule has 0 saturated carbocycles. The minimum absolute atomic E-state index is 0.172. The molecule has 0 unspecified atom stereocenters. The molecule has 0 aliphatic carbocycles. The molecule has 14 heavy (non-hydrogen) atoms. The van der Waals surface area contributed by atoms with Crippen molar-refractivity contribution in [3.8, 4) is 5.75 Å². The predicted molar refractivity (Wildman–Crippen MR) is 59.7 cm³/mol. The maximum atomic E-state index is 5.87. The Morgan fingerprint density at radius 2 is 1.71 bits per heavy atom. The molecule has 0 radical (unpaired) electrons. The Morgan fingerprint density at radius 1 is 1.07 bits per heavy atom. The highest BCUT2D eigenvalue weighted by atomic mass is 16.5. The van der Waals surface area contributed by atoms with Crippen molar-refractivity contribution in [3.63, 3.8) is 0 Å². The summed E-state index contributed by atoms with van der Waals surface area (Å²) < 4.78 is 5.87. The number of aryl methyl sites for hydroxylation is 2. The number of fused-ring (bicyclic) bond motifs is 1. The molecular formula is C13H16O. The first kappa shape index (κ1) is 9.32.